The van der Waals surface area contributed by atoms with E-state index >= 15 is 0 Å². The van der Waals surface area contributed by atoms with Gasteiger partial charge in [-0.1, -0.05) is 77.4 Å². The molecule has 0 heteroatoms. The van der Waals surface area contributed by atoms with Gasteiger partial charge in [-0.25, -0.2) is 0 Å². The third kappa shape index (κ3) is 13.7. The van der Waals surface area contributed by atoms with Crippen LogP contribution in [0.1, 0.15) is 77.0 Å². The summed E-state index contributed by atoms with van der Waals surface area (Å²) in [5, 5.41) is 0. The summed E-state index contributed by atoms with van der Waals surface area (Å²) in [5.41, 5.74) is 0. The van der Waals surface area contributed by atoms with Crippen LogP contribution in [0.15, 0.2) is 12.2 Å². The Morgan fingerprint density at radius 3 is 1.44 bits per heavy atom. The summed E-state index contributed by atoms with van der Waals surface area (Å²) in [6.45, 7) is 7.71. The molecule has 0 fully saturated rings. The fraction of sp³-hybridized carbons (Fsp3) is 0.750. The SMILES string of the molecule is [CH2]CCCCC=CCCCCCCCC[CH2]. The minimum atomic E-state index is 1.08. The monoisotopic (exact) mass is 222 g/mol. The number of rotatable bonds is 12. The molecule has 0 aliphatic carbocycles. The van der Waals surface area contributed by atoms with Gasteiger partial charge in [-0.2, -0.15) is 0 Å². The number of hydrogen-bond donors (Lipinski definition) is 0. The van der Waals surface area contributed by atoms with Crippen molar-refractivity contribution < 1.29 is 0 Å². The molecule has 0 bridgehead atoms. The zero-order chi connectivity index (χ0) is 11.9. The summed E-state index contributed by atoms with van der Waals surface area (Å²) < 4.78 is 0. The average molecular weight is 222 g/mol. The van der Waals surface area contributed by atoms with Gasteiger partial charge in [0.25, 0.3) is 0 Å². The lowest BCUT2D eigenvalue weighted by Crippen LogP contribution is -1.79. The summed E-state index contributed by atoms with van der Waals surface area (Å²) in [6.07, 6.45) is 20.3. The van der Waals surface area contributed by atoms with E-state index in [0.717, 1.165) is 12.8 Å². The molecule has 0 spiro atoms. The molecule has 0 saturated heterocycles. The third-order valence-electron chi connectivity index (χ3n) is 2.91. The molecule has 0 rings (SSSR count). The Kier molecular flexibility index (Phi) is 14.5. The Balaban J connectivity index is 2.97. The molecule has 0 aromatic carbocycles. The lowest BCUT2D eigenvalue weighted by atomic mass is 10.1. The van der Waals surface area contributed by atoms with E-state index in [9.17, 15) is 0 Å². The van der Waals surface area contributed by atoms with Crippen molar-refractivity contribution in [3.05, 3.63) is 26.0 Å². The summed E-state index contributed by atoms with van der Waals surface area (Å²) in [5.74, 6) is 0. The normalized spacial score (nSPS) is 11.4. The van der Waals surface area contributed by atoms with Crippen molar-refractivity contribution in [2.45, 2.75) is 77.0 Å². The zero-order valence-corrected chi connectivity index (χ0v) is 11.1. The van der Waals surface area contributed by atoms with Crippen LogP contribution in [0, 0.1) is 13.8 Å². The number of hydrogen-bond acceptors (Lipinski definition) is 0. The van der Waals surface area contributed by atoms with Crippen molar-refractivity contribution in [3.63, 3.8) is 0 Å². The van der Waals surface area contributed by atoms with Gasteiger partial charge in [0.05, 0.1) is 0 Å². The third-order valence-corrected chi connectivity index (χ3v) is 2.91. The number of allylic oxidation sites excluding steroid dienone is 2. The molecular formula is C16H30. The highest BCUT2D eigenvalue weighted by atomic mass is 14.0. The molecule has 16 heavy (non-hydrogen) atoms. The van der Waals surface area contributed by atoms with Crippen molar-refractivity contribution in [3.8, 4) is 0 Å². The maximum atomic E-state index is 3.86. The molecular weight excluding hydrogens is 192 g/mol. The molecule has 0 amide bonds. The summed E-state index contributed by atoms with van der Waals surface area (Å²) >= 11 is 0. The Bertz CT molecular complexity index is 135. The van der Waals surface area contributed by atoms with E-state index in [4.69, 9.17) is 0 Å². The summed E-state index contributed by atoms with van der Waals surface area (Å²) in [4.78, 5) is 0. The molecule has 94 valence electrons. The van der Waals surface area contributed by atoms with Gasteiger partial charge >= 0.3 is 0 Å². The van der Waals surface area contributed by atoms with Gasteiger partial charge in [0.2, 0.25) is 0 Å². The maximum absolute atomic E-state index is 3.86. The molecule has 0 aromatic heterocycles. The van der Waals surface area contributed by atoms with Crippen LogP contribution in [0.2, 0.25) is 0 Å². The first-order chi connectivity index (χ1) is 7.91. The fourth-order valence-electron chi connectivity index (χ4n) is 1.82. The molecule has 0 unspecified atom stereocenters. The highest BCUT2D eigenvalue weighted by Crippen LogP contribution is 2.09. The minimum Gasteiger partial charge on any atom is -0.0885 e. The Labute approximate surface area is 104 Å². The molecule has 0 N–H and O–H groups in total. The van der Waals surface area contributed by atoms with E-state index in [1.807, 2.05) is 0 Å². The van der Waals surface area contributed by atoms with Gasteiger partial charge < -0.3 is 0 Å². The highest BCUT2D eigenvalue weighted by Gasteiger charge is 1.89. The Morgan fingerprint density at radius 1 is 0.500 bits per heavy atom. The topological polar surface area (TPSA) is 0 Å². The fourth-order valence-corrected chi connectivity index (χ4v) is 1.82. The van der Waals surface area contributed by atoms with Gasteiger partial charge in [-0.3, -0.25) is 0 Å². The second-order valence-electron chi connectivity index (χ2n) is 4.58. The summed E-state index contributed by atoms with van der Waals surface area (Å²) in [7, 11) is 0. The van der Waals surface area contributed by atoms with E-state index in [0.29, 0.717) is 0 Å². The van der Waals surface area contributed by atoms with Crippen LogP contribution in [0.25, 0.3) is 0 Å². The van der Waals surface area contributed by atoms with E-state index in [1.54, 1.807) is 0 Å². The van der Waals surface area contributed by atoms with Gasteiger partial charge in [-0.05, 0) is 25.7 Å². The van der Waals surface area contributed by atoms with Crippen molar-refractivity contribution in [1.29, 1.82) is 0 Å². The first kappa shape index (κ1) is 15.7. The van der Waals surface area contributed by atoms with E-state index in [2.05, 4.69) is 26.0 Å². The maximum Gasteiger partial charge on any atom is -0.0351 e. The zero-order valence-electron chi connectivity index (χ0n) is 11.1. The second-order valence-corrected chi connectivity index (χ2v) is 4.58. The quantitative estimate of drug-likeness (QED) is 0.285. The Morgan fingerprint density at radius 2 is 0.875 bits per heavy atom. The first-order valence-electron chi connectivity index (χ1n) is 7.15. The van der Waals surface area contributed by atoms with Crippen molar-refractivity contribution in [2.75, 3.05) is 0 Å². The molecule has 0 aliphatic rings. The number of unbranched alkanes of at least 4 members (excludes halogenated alkanes) is 10. The predicted octanol–water partition coefficient (Wildman–Crippen LogP) is 5.89. The van der Waals surface area contributed by atoms with Gasteiger partial charge in [0.1, 0.15) is 0 Å². The largest absolute Gasteiger partial charge is 0.0885 e. The van der Waals surface area contributed by atoms with Crippen LogP contribution in [0.4, 0.5) is 0 Å². The molecule has 0 nitrogen and oxygen atoms in total. The van der Waals surface area contributed by atoms with E-state index in [-0.39, 0.29) is 0 Å². The smallest absolute Gasteiger partial charge is 0.0351 e. The van der Waals surface area contributed by atoms with E-state index < -0.39 is 0 Å². The lowest BCUT2D eigenvalue weighted by molar-refractivity contribution is 0.599. The van der Waals surface area contributed by atoms with Crippen LogP contribution in [-0.2, 0) is 0 Å². The second kappa shape index (κ2) is 14.7. The van der Waals surface area contributed by atoms with Gasteiger partial charge in [-0.15, -0.1) is 0 Å². The van der Waals surface area contributed by atoms with Crippen LogP contribution < -0.4 is 0 Å². The standard InChI is InChI=1S/C16H30/c1-3-5-7-9-11-13-15-16-14-12-10-8-6-4-2/h11,13H,1-10,12,14-16H2. The van der Waals surface area contributed by atoms with Crippen molar-refractivity contribution >= 4 is 0 Å². The van der Waals surface area contributed by atoms with Crippen LogP contribution in [0.5, 0.6) is 0 Å². The molecule has 0 aliphatic heterocycles. The van der Waals surface area contributed by atoms with Crippen molar-refractivity contribution in [1.82, 2.24) is 0 Å². The van der Waals surface area contributed by atoms with Crippen LogP contribution in [0.3, 0.4) is 0 Å². The lowest BCUT2D eigenvalue weighted by Gasteiger charge is -1.98. The van der Waals surface area contributed by atoms with Gasteiger partial charge in [0, 0.05) is 0 Å². The molecule has 2 radical (unpaired) electrons. The summed E-state index contributed by atoms with van der Waals surface area (Å²) in [6, 6.07) is 0. The minimum absolute atomic E-state index is 1.08. The van der Waals surface area contributed by atoms with Crippen LogP contribution >= 0.6 is 0 Å². The molecule has 0 saturated carbocycles. The van der Waals surface area contributed by atoms with Crippen molar-refractivity contribution in [2.24, 2.45) is 0 Å². The van der Waals surface area contributed by atoms with Gasteiger partial charge in [0.15, 0.2) is 0 Å². The molecule has 0 atom stereocenters. The molecule has 0 aromatic rings. The molecule has 0 heterocycles. The Hall–Kier alpha value is -0.260. The highest BCUT2D eigenvalue weighted by molar-refractivity contribution is 4.81. The van der Waals surface area contributed by atoms with E-state index in [1.165, 1.54) is 64.2 Å². The first-order valence-corrected chi connectivity index (χ1v) is 7.15. The van der Waals surface area contributed by atoms with Crippen LogP contribution in [-0.4, -0.2) is 0 Å². The average Bonchev–Trinajstić information content (AvgIpc) is 2.31. The predicted molar refractivity (Wildman–Crippen MR) is 75.3 cm³/mol.